The summed E-state index contributed by atoms with van der Waals surface area (Å²) >= 11 is 0. The van der Waals surface area contributed by atoms with Crippen LogP contribution in [0.3, 0.4) is 0 Å². The first-order valence-corrected chi connectivity index (χ1v) is 9.68. The van der Waals surface area contributed by atoms with Gasteiger partial charge in [0.15, 0.2) is 5.96 Å². The molecule has 0 radical (unpaired) electrons. The Morgan fingerprint density at radius 1 is 1.15 bits per heavy atom. The van der Waals surface area contributed by atoms with Crippen molar-refractivity contribution in [1.82, 2.24) is 20.4 Å². The summed E-state index contributed by atoms with van der Waals surface area (Å²) in [7, 11) is 3.25. The topological polar surface area (TPSA) is 69.2 Å². The number of piperidine rings is 2. The quantitative estimate of drug-likeness (QED) is 0.358. The summed E-state index contributed by atoms with van der Waals surface area (Å²) < 4.78 is 4.78. The number of guanidine groups is 1. The van der Waals surface area contributed by atoms with Gasteiger partial charge in [-0.15, -0.1) is 24.0 Å². The summed E-state index contributed by atoms with van der Waals surface area (Å²) in [5.41, 5.74) is 0. The number of nitrogens with one attached hydrogen (secondary N) is 2. The van der Waals surface area contributed by atoms with Crippen molar-refractivity contribution in [1.29, 1.82) is 0 Å². The number of carbonyl (C=O) groups is 1. The average Bonchev–Trinajstić information content (AvgIpc) is 2.67. The van der Waals surface area contributed by atoms with Gasteiger partial charge in [0, 0.05) is 32.7 Å². The molecule has 7 nitrogen and oxygen atoms in total. The molecule has 0 aromatic rings. The number of aliphatic imine (C=N–C) groups is 1. The molecular weight excluding hydrogens is 445 g/mol. The zero-order valence-electron chi connectivity index (χ0n) is 16.5. The maximum absolute atomic E-state index is 11.5. The van der Waals surface area contributed by atoms with Crippen LogP contribution in [0.25, 0.3) is 0 Å². The Bertz CT molecular complexity index is 433. The van der Waals surface area contributed by atoms with Gasteiger partial charge in [0.05, 0.1) is 7.11 Å². The van der Waals surface area contributed by atoms with Crippen molar-refractivity contribution in [2.24, 2.45) is 10.9 Å². The highest BCUT2D eigenvalue weighted by Gasteiger charge is 2.24. The van der Waals surface area contributed by atoms with Crippen LogP contribution < -0.4 is 10.6 Å². The number of rotatable bonds is 5. The van der Waals surface area contributed by atoms with Gasteiger partial charge in [0.2, 0.25) is 0 Å². The largest absolute Gasteiger partial charge is 0.453 e. The number of carbonyl (C=O) groups excluding carboxylic acids is 1. The number of hydrogen-bond donors (Lipinski definition) is 2. The highest BCUT2D eigenvalue weighted by atomic mass is 127. The second kappa shape index (κ2) is 12.6. The van der Waals surface area contributed by atoms with E-state index in [1.165, 1.54) is 46.0 Å². The third kappa shape index (κ3) is 7.46. The van der Waals surface area contributed by atoms with E-state index in [1.54, 1.807) is 4.90 Å². The van der Waals surface area contributed by atoms with Crippen LogP contribution in [0.1, 0.15) is 39.0 Å². The minimum atomic E-state index is -0.227. The van der Waals surface area contributed by atoms with E-state index in [1.807, 2.05) is 7.05 Å². The lowest BCUT2D eigenvalue weighted by atomic mass is 9.93. The highest BCUT2D eigenvalue weighted by Crippen LogP contribution is 2.19. The van der Waals surface area contributed by atoms with Gasteiger partial charge < -0.3 is 25.2 Å². The Morgan fingerprint density at radius 2 is 1.81 bits per heavy atom. The fraction of sp³-hybridized carbons (Fsp3) is 0.889. The molecule has 2 N–H and O–H groups in total. The van der Waals surface area contributed by atoms with Crippen molar-refractivity contribution in [2.75, 3.05) is 53.4 Å². The van der Waals surface area contributed by atoms with Gasteiger partial charge in [-0.2, -0.15) is 0 Å². The lowest BCUT2D eigenvalue weighted by Crippen LogP contribution is -2.50. The third-order valence-electron chi connectivity index (χ3n) is 5.49. The van der Waals surface area contributed by atoms with E-state index in [0.29, 0.717) is 6.04 Å². The van der Waals surface area contributed by atoms with E-state index < -0.39 is 0 Å². The van der Waals surface area contributed by atoms with Crippen molar-refractivity contribution in [3.63, 3.8) is 0 Å². The summed E-state index contributed by atoms with van der Waals surface area (Å²) in [6.45, 7) is 8.34. The molecular formula is C18H36IN5O2. The lowest BCUT2D eigenvalue weighted by Gasteiger charge is -2.32. The molecule has 2 fully saturated rings. The SMILES string of the molecule is CCN1CCC(CCNC(=NC)NC2CCN(C(=O)OC)CC2)CC1.I. The molecule has 0 saturated carbocycles. The smallest absolute Gasteiger partial charge is 0.409 e. The number of ether oxygens (including phenoxy) is 1. The lowest BCUT2D eigenvalue weighted by molar-refractivity contribution is 0.111. The molecule has 2 heterocycles. The molecule has 0 aromatic heterocycles. The first-order valence-electron chi connectivity index (χ1n) is 9.68. The van der Waals surface area contributed by atoms with Gasteiger partial charge in [0.1, 0.15) is 0 Å². The van der Waals surface area contributed by atoms with Gasteiger partial charge in [-0.25, -0.2) is 4.79 Å². The molecule has 2 rings (SSSR count). The molecule has 2 aliphatic heterocycles. The van der Waals surface area contributed by atoms with Crippen LogP contribution in [-0.2, 0) is 4.74 Å². The molecule has 2 aliphatic rings. The molecule has 0 aliphatic carbocycles. The number of hydrogen-bond acceptors (Lipinski definition) is 4. The van der Waals surface area contributed by atoms with Crippen LogP contribution in [-0.4, -0.2) is 81.3 Å². The fourth-order valence-corrected chi connectivity index (χ4v) is 3.71. The van der Waals surface area contributed by atoms with Crippen LogP contribution in [0, 0.1) is 5.92 Å². The molecule has 2 saturated heterocycles. The molecule has 0 unspecified atom stereocenters. The normalized spacial score (nSPS) is 20.4. The van der Waals surface area contributed by atoms with Crippen molar-refractivity contribution >= 4 is 36.0 Å². The summed E-state index contributed by atoms with van der Waals surface area (Å²) in [5.74, 6) is 1.71. The van der Waals surface area contributed by atoms with Gasteiger partial charge in [-0.1, -0.05) is 6.92 Å². The van der Waals surface area contributed by atoms with Gasteiger partial charge in [-0.3, -0.25) is 4.99 Å². The van der Waals surface area contributed by atoms with Crippen LogP contribution in [0.15, 0.2) is 4.99 Å². The van der Waals surface area contributed by atoms with Gasteiger partial charge in [-0.05, 0) is 57.7 Å². The minimum absolute atomic E-state index is 0. The molecule has 0 atom stereocenters. The Kier molecular flexibility index (Phi) is 11.3. The number of methoxy groups -OCH3 is 1. The first-order chi connectivity index (χ1) is 12.2. The number of amides is 1. The van der Waals surface area contributed by atoms with E-state index in [-0.39, 0.29) is 30.1 Å². The highest BCUT2D eigenvalue weighted by molar-refractivity contribution is 14.0. The van der Waals surface area contributed by atoms with E-state index in [0.717, 1.165) is 44.4 Å². The Balaban J connectivity index is 0.00000338. The Labute approximate surface area is 175 Å². The maximum Gasteiger partial charge on any atom is 0.409 e. The van der Waals surface area contributed by atoms with Crippen molar-refractivity contribution in [2.45, 2.75) is 45.1 Å². The summed E-state index contributed by atoms with van der Waals surface area (Å²) in [6, 6.07) is 0.361. The van der Waals surface area contributed by atoms with E-state index >= 15 is 0 Å². The first kappa shape index (κ1) is 23.3. The molecule has 8 heteroatoms. The molecule has 152 valence electrons. The average molecular weight is 481 g/mol. The number of likely N-dealkylation sites (tertiary alicyclic amines) is 2. The van der Waals surface area contributed by atoms with Crippen LogP contribution in [0.5, 0.6) is 0 Å². The standard InChI is InChI=1S/C18H35N5O2.HI/c1-4-22-11-6-15(7-12-22)5-10-20-17(19-2)21-16-8-13-23(14-9-16)18(24)25-3;/h15-16H,4-14H2,1-3H3,(H2,19,20,21);1H. The zero-order valence-corrected chi connectivity index (χ0v) is 18.8. The van der Waals surface area contributed by atoms with Crippen LogP contribution in [0.2, 0.25) is 0 Å². The number of halogens is 1. The second-order valence-corrected chi connectivity index (χ2v) is 7.04. The molecule has 0 spiro atoms. The van der Waals surface area contributed by atoms with Gasteiger partial charge >= 0.3 is 6.09 Å². The van der Waals surface area contributed by atoms with Gasteiger partial charge in [0.25, 0.3) is 0 Å². The summed E-state index contributed by atoms with van der Waals surface area (Å²) in [4.78, 5) is 20.2. The molecule has 1 amide bonds. The number of nitrogens with zero attached hydrogens (tertiary/aromatic N) is 3. The van der Waals surface area contributed by atoms with E-state index in [4.69, 9.17) is 4.74 Å². The summed E-state index contributed by atoms with van der Waals surface area (Å²) in [5, 5.41) is 6.94. The summed E-state index contributed by atoms with van der Waals surface area (Å²) in [6.07, 6.45) is 5.45. The Hall–Kier alpha value is -0.770. The monoisotopic (exact) mass is 481 g/mol. The van der Waals surface area contributed by atoms with Crippen molar-refractivity contribution in [3.05, 3.63) is 0 Å². The Morgan fingerprint density at radius 3 is 2.35 bits per heavy atom. The molecule has 0 bridgehead atoms. The second-order valence-electron chi connectivity index (χ2n) is 7.04. The predicted molar refractivity (Wildman–Crippen MR) is 116 cm³/mol. The fourth-order valence-electron chi connectivity index (χ4n) is 3.71. The molecule has 26 heavy (non-hydrogen) atoms. The molecule has 0 aromatic carbocycles. The van der Waals surface area contributed by atoms with E-state index in [9.17, 15) is 4.79 Å². The van der Waals surface area contributed by atoms with Crippen molar-refractivity contribution in [3.8, 4) is 0 Å². The minimum Gasteiger partial charge on any atom is -0.453 e. The predicted octanol–water partition coefficient (Wildman–Crippen LogP) is 2.12. The maximum atomic E-state index is 11.5. The third-order valence-corrected chi connectivity index (χ3v) is 5.49. The van der Waals surface area contributed by atoms with E-state index in [2.05, 4.69) is 27.4 Å². The van der Waals surface area contributed by atoms with Crippen molar-refractivity contribution < 1.29 is 9.53 Å². The zero-order chi connectivity index (χ0) is 18.1. The van der Waals surface area contributed by atoms with Crippen LogP contribution in [0.4, 0.5) is 4.79 Å². The van der Waals surface area contributed by atoms with Crippen LogP contribution >= 0.6 is 24.0 Å².